The number of carbonyl (C=O) groups excluding carboxylic acids is 1. The average molecular weight is 331 g/mol. The van der Waals surface area contributed by atoms with Crippen molar-refractivity contribution in [3.8, 4) is 0 Å². The van der Waals surface area contributed by atoms with Crippen LogP contribution in [0.2, 0.25) is 0 Å². The van der Waals surface area contributed by atoms with Gasteiger partial charge in [-0.15, -0.1) is 0 Å². The van der Waals surface area contributed by atoms with Crippen LogP contribution in [0.15, 0.2) is 60.8 Å². The van der Waals surface area contributed by atoms with Crippen molar-refractivity contribution in [2.45, 2.75) is 44.9 Å². The average Bonchev–Trinajstić information content (AvgIpc) is 2.68. The highest BCUT2D eigenvalue weighted by molar-refractivity contribution is 5.96. The molecule has 0 aliphatic carbocycles. The molecule has 0 radical (unpaired) electrons. The number of hydrogen-bond donors (Lipinski definition) is 0. The van der Waals surface area contributed by atoms with Crippen LogP contribution in [-0.2, 0) is 12.8 Å². The first-order valence-corrected chi connectivity index (χ1v) is 9.24. The molecule has 0 amide bonds. The molecule has 0 N–H and O–H groups in total. The van der Waals surface area contributed by atoms with Gasteiger partial charge < -0.3 is 0 Å². The van der Waals surface area contributed by atoms with Crippen molar-refractivity contribution in [3.05, 3.63) is 77.5 Å². The van der Waals surface area contributed by atoms with Gasteiger partial charge in [-0.1, -0.05) is 61.7 Å². The number of aldehydes is 1. The lowest BCUT2D eigenvalue weighted by atomic mass is 9.98. The van der Waals surface area contributed by atoms with Crippen molar-refractivity contribution in [1.82, 2.24) is 4.98 Å². The summed E-state index contributed by atoms with van der Waals surface area (Å²) in [6, 6.07) is 18.7. The summed E-state index contributed by atoms with van der Waals surface area (Å²) in [6.45, 7) is 0. The lowest BCUT2D eigenvalue weighted by Gasteiger charge is -2.08. The number of nitrogens with zero attached hydrogens (tertiary/aromatic N) is 1. The van der Waals surface area contributed by atoms with Crippen molar-refractivity contribution in [2.24, 2.45) is 0 Å². The van der Waals surface area contributed by atoms with E-state index in [1.807, 2.05) is 12.1 Å². The second kappa shape index (κ2) is 9.12. The molecule has 128 valence electrons. The van der Waals surface area contributed by atoms with Crippen LogP contribution >= 0.6 is 0 Å². The maximum absolute atomic E-state index is 11.2. The summed E-state index contributed by atoms with van der Waals surface area (Å²) in [6.07, 6.45) is 11.2. The number of rotatable bonds is 9. The number of aromatic nitrogens is 1. The van der Waals surface area contributed by atoms with Gasteiger partial charge >= 0.3 is 0 Å². The second-order valence-electron chi connectivity index (χ2n) is 6.58. The number of hydrogen-bond acceptors (Lipinski definition) is 2. The molecule has 0 atom stereocenters. The van der Waals surface area contributed by atoms with E-state index >= 15 is 0 Å². The molecular weight excluding hydrogens is 306 g/mol. The maximum Gasteiger partial charge on any atom is 0.152 e. The van der Waals surface area contributed by atoms with Crippen molar-refractivity contribution in [2.75, 3.05) is 0 Å². The van der Waals surface area contributed by atoms with Gasteiger partial charge in [-0.05, 0) is 48.9 Å². The summed E-state index contributed by atoms with van der Waals surface area (Å²) in [4.78, 5) is 15.5. The van der Waals surface area contributed by atoms with E-state index in [1.54, 1.807) is 6.20 Å². The standard InChI is InChI=1S/C23H25NO/c25-18-21-16-15-20(22-14-9-17-24-23(21)22)13-8-3-1-2-5-10-19-11-6-4-7-12-19/h4,6-7,9,11-12,14-18H,1-3,5,8,10,13H2. The summed E-state index contributed by atoms with van der Waals surface area (Å²) in [5.41, 5.74) is 4.26. The Labute approximate surface area is 149 Å². The molecule has 2 heteroatoms. The zero-order valence-electron chi connectivity index (χ0n) is 14.7. The Hall–Kier alpha value is -2.48. The predicted octanol–water partition coefficient (Wildman–Crippen LogP) is 5.78. The fourth-order valence-corrected chi connectivity index (χ4v) is 3.39. The molecule has 0 fully saturated rings. The van der Waals surface area contributed by atoms with Gasteiger partial charge in [-0.25, -0.2) is 0 Å². The van der Waals surface area contributed by atoms with Crippen LogP contribution in [0.3, 0.4) is 0 Å². The Balaban J connectivity index is 1.43. The van der Waals surface area contributed by atoms with Gasteiger partial charge in [0.25, 0.3) is 0 Å². The first kappa shape index (κ1) is 17.3. The third kappa shape index (κ3) is 4.76. The number of benzene rings is 2. The van der Waals surface area contributed by atoms with Crippen molar-refractivity contribution >= 4 is 17.2 Å². The Morgan fingerprint density at radius 3 is 2.32 bits per heavy atom. The molecule has 25 heavy (non-hydrogen) atoms. The van der Waals surface area contributed by atoms with Gasteiger partial charge in [-0.3, -0.25) is 9.78 Å². The second-order valence-corrected chi connectivity index (χ2v) is 6.58. The van der Waals surface area contributed by atoms with E-state index in [-0.39, 0.29) is 0 Å². The van der Waals surface area contributed by atoms with Gasteiger partial charge in [0.1, 0.15) is 0 Å². The normalized spacial score (nSPS) is 10.9. The van der Waals surface area contributed by atoms with E-state index in [4.69, 9.17) is 0 Å². The van der Waals surface area contributed by atoms with Crippen molar-refractivity contribution in [3.63, 3.8) is 0 Å². The highest BCUT2D eigenvalue weighted by Crippen LogP contribution is 2.22. The number of aryl methyl sites for hydroxylation is 2. The molecule has 3 aromatic rings. The topological polar surface area (TPSA) is 30.0 Å². The highest BCUT2D eigenvalue weighted by Gasteiger charge is 2.06. The summed E-state index contributed by atoms with van der Waals surface area (Å²) in [5, 5.41) is 1.12. The first-order valence-electron chi connectivity index (χ1n) is 9.24. The Morgan fingerprint density at radius 1 is 0.760 bits per heavy atom. The number of unbranched alkanes of at least 4 members (excludes halogenated alkanes) is 4. The fourth-order valence-electron chi connectivity index (χ4n) is 3.39. The molecule has 0 spiro atoms. The van der Waals surface area contributed by atoms with E-state index < -0.39 is 0 Å². The van der Waals surface area contributed by atoms with Gasteiger partial charge in [-0.2, -0.15) is 0 Å². The van der Waals surface area contributed by atoms with Crippen LogP contribution in [0.4, 0.5) is 0 Å². The van der Waals surface area contributed by atoms with E-state index in [2.05, 4.69) is 47.4 Å². The number of fused-ring (bicyclic) bond motifs is 1. The fraction of sp³-hybridized carbons (Fsp3) is 0.304. The predicted molar refractivity (Wildman–Crippen MR) is 104 cm³/mol. The van der Waals surface area contributed by atoms with Gasteiger partial charge in [0.15, 0.2) is 6.29 Å². The number of carbonyl (C=O) groups is 1. The lowest BCUT2D eigenvalue weighted by Crippen LogP contribution is -1.93. The molecule has 0 aliphatic heterocycles. The van der Waals surface area contributed by atoms with Crippen LogP contribution in [-0.4, -0.2) is 11.3 Å². The molecule has 1 aromatic heterocycles. The van der Waals surface area contributed by atoms with E-state index in [0.717, 1.165) is 23.6 Å². The minimum Gasteiger partial charge on any atom is -0.298 e. The van der Waals surface area contributed by atoms with Gasteiger partial charge in [0.05, 0.1) is 5.52 Å². The maximum atomic E-state index is 11.2. The van der Waals surface area contributed by atoms with Crippen LogP contribution in [0, 0.1) is 0 Å². The summed E-state index contributed by atoms with van der Waals surface area (Å²) in [7, 11) is 0. The number of pyridine rings is 1. The van der Waals surface area contributed by atoms with E-state index in [0.29, 0.717) is 5.56 Å². The molecule has 2 nitrogen and oxygen atoms in total. The largest absolute Gasteiger partial charge is 0.298 e. The van der Waals surface area contributed by atoms with Crippen molar-refractivity contribution in [1.29, 1.82) is 0 Å². The van der Waals surface area contributed by atoms with Crippen LogP contribution < -0.4 is 0 Å². The molecule has 1 heterocycles. The molecule has 0 aliphatic rings. The first-order chi connectivity index (χ1) is 12.4. The quantitative estimate of drug-likeness (QED) is 0.367. The summed E-state index contributed by atoms with van der Waals surface area (Å²) < 4.78 is 0. The minimum absolute atomic E-state index is 0.681. The molecule has 0 unspecified atom stereocenters. The smallest absolute Gasteiger partial charge is 0.152 e. The van der Waals surface area contributed by atoms with Crippen LogP contribution in [0.5, 0.6) is 0 Å². The third-order valence-electron chi connectivity index (χ3n) is 4.77. The SMILES string of the molecule is O=Cc1ccc(CCCCCCCc2ccccc2)c2cccnc12. The Bertz CT molecular complexity index is 811. The van der Waals surface area contributed by atoms with Crippen molar-refractivity contribution < 1.29 is 4.79 Å². The molecule has 0 bridgehead atoms. The van der Waals surface area contributed by atoms with Gasteiger partial charge in [0.2, 0.25) is 0 Å². The molecule has 2 aromatic carbocycles. The monoisotopic (exact) mass is 331 g/mol. The molecule has 0 saturated carbocycles. The summed E-state index contributed by atoms with van der Waals surface area (Å²) in [5.74, 6) is 0. The zero-order chi connectivity index (χ0) is 17.3. The lowest BCUT2D eigenvalue weighted by molar-refractivity contribution is 0.112. The summed E-state index contributed by atoms with van der Waals surface area (Å²) >= 11 is 0. The molecule has 0 saturated heterocycles. The van der Waals surface area contributed by atoms with Gasteiger partial charge in [0, 0.05) is 17.1 Å². The molecule has 3 rings (SSSR count). The Kier molecular flexibility index (Phi) is 6.33. The highest BCUT2D eigenvalue weighted by atomic mass is 16.1. The minimum atomic E-state index is 0.681. The van der Waals surface area contributed by atoms with E-state index in [9.17, 15) is 4.79 Å². The third-order valence-corrected chi connectivity index (χ3v) is 4.77. The van der Waals surface area contributed by atoms with Crippen LogP contribution in [0.1, 0.15) is 53.6 Å². The van der Waals surface area contributed by atoms with E-state index in [1.165, 1.54) is 49.7 Å². The van der Waals surface area contributed by atoms with Crippen LogP contribution in [0.25, 0.3) is 10.9 Å². The molecular formula is C23H25NO. The zero-order valence-corrected chi connectivity index (χ0v) is 14.7. The Morgan fingerprint density at radius 2 is 1.52 bits per heavy atom.